The summed E-state index contributed by atoms with van der Waals surface area (Å²) in [4.78, 5) is 10.9. The third-order valence-electron chi connectivity index (χ3n) is 3.66. The molecule has 3 nitrogen and oxygen atoms in total. The number of anilines is 1. The third kappa shape index (κ3) is 1.62. The number of methoxy groups -OCH3 is 1. The van der Waals surface area contributed by atoms with Gasteiger partial charge in [0, 0.05) is 23.2 Å². The molecule has 0 radical (unpaired) electrons. The van der Waals surface area contributed by atoms with Crippen molar-refractivity contribution in [2.24, 2.45) is 5.92 Å². The normalized spacial score (nSPS) is 25.4. The van der Waals surface area contributed by atoms with E-state index < -0.39 is 0 Å². The molecule has 2 atom stereocenters. The second-order valence-electron chi connectivity index (χ2n) is 4.66. The Bertz CT molecular complexity index is 493. The number of benzene rings is 1. The topological polar surface area (TPSA) is 38.3 Å². The fourth-order valence-corrected chi connectivity index (χ4v) is 2.72. The predicted octanol–water partition coefficient (Wildman–Crippen LogP) is 2.70. The van der Waals surface area contributed by atoms with Crippen molar-refractivity contribution in [3.8, 4) is 5.75 Å². The van der Waals surface area contributed by atoms with Gasteiger partial charge in [-0.05, 0) is 36.6 Å². The van der Waals surface area contributed by atoms with Crippen LogP contribution in [0.25, 0.3) is 0 Å². The van der Waals surface area contributed by atoms with Gasteiger partial charge in [-0.25, -0.2) is 0 Å². The minimum absolute atomic E-state index is 0.155. The van der Waals surface area contributed by atoms with Crippen molar-refractivity contribution in [1.29, 1.82) is 0 Å². The summed E-state index contributed by atoms with van der Waals surface area (Å²) in [5, 5.41) is 3.42. The molecule has 0 spiro atoms. The van der Waals surface area contributed by atoms with Crippen LogP contribution in [-0.2, 0) is 4.79 Å². The zero-order valence-corrected chi connectivity index (χ0v) is 9.77. The maximum Gasteiger partial charge on any atom is 0.123 e. The Labute approximate surface area is 100 Å². The van der Waals surface area contributed by atoms with E-state index in [0.29, 0.717) is 5.92 Å². The van der Waals surface area contributed by atoms with Gasteiger partial charge in [-0.2, -0.15) is 0 Å². The standard InChI is InChI=1S/C14H15NO2/c1-17-10-3-5-14-12(7-10)11-6-9(8-16)2-4-13(11)15-14/h3-5,7-9,11,15H,2,6H2,1H3. The average molecular weight is 229 g/mol. The average Bonchev–Trinajstić information content (AvgIpc) is 2.75. The van der Waals surface area contributed by atoms with Gasteiger partial charge in [0.15, 0.2) is 0 Å². The fraction of sp³-hybridized carbons (Fsp3) is 0.357. The highest BCUT2D eigenvalue weighted by Crippen LogP contribution is 2.46. The summed E-state index contributed by atoms with van der Waals surface area (Å²) in [6, 6.07) is 6.07. The molecule has 88 valence electrons. The van der Waals surface area contributed by atoms with E-state index in [1.165, 1.54) is 11.3 Å². The first-order valence-electron chi connectivity index (χ1n) is 5.92. The van der Waals surface area contributed by atoms with E-state index >= 15 is 0 Å². The van der Waals surface area contributed by atoms with Gasteiger partial charge in [0.1, 0.15) is 12.0 Å². The van der Waals surface area contributed by atoms with E-state index in [1.54, 1.807) is 7.11 Å². The molecule has 2 aliphatic rings. The van der Waals surface area contributed by atoms with Crippen LogP contribution in [0.5, 0.6) is 5.75 Å². The molecule has 1 N–H and O–H groups in total. The van der Waals surface area contributed by atoms with Crippen LogP contribution in [0, 0.1) is 5.92 Å². The van der Waals surface area contributed by atoms with Crippen LogP contribution >= 0.6 is 0 Å². The van der Waals surface area contributed by atoms with Crippen LogP contribution in [0.4, 0.5) is 5.69 Å². The van der Waals surface area contributed by atoms with Crippen molar-refractivity contribution >= 4 is 12.0 Å². The summed E-state index contributed by atoms with van der Waals surface area (Å²) < 4.78 is 5.26. The molecule has 2 unspecified atom stereocenters. The Morgan fingerprint density at radius 1 is 1.47 bits per heavy atom. The number of aldehydes is 1. The number of hydrogen-bond acceptors (Lipinski definition) is 3. The minimum atomic E-state index is 0.155. The van der Waals surface area contributed by atoms with Gasteiger partial charge >= 0.3 is 0 Å². The Morgan fingerprint density at radius 3 is 3.12 bits per heavy atom. The molecule has 1 heterocycles. The van der Waals surface area contributed by atoms with Crippen LogP contribution in [0.15, 0.2) is 30.0 Å². The number of fused-ring (bicyclic) bond motifs is 3. The lowest BCUT2D eigenvalue weighted by molar-refractivity contribution is -0.111. The van der Waals surface area contributed by atoms with Gasteiger partial charge in [-0.1, -0.05) is 6.08 Å². The molecule has 3 heteroatoms. The molecule has 0 amide bonds. The number of rotatable bonds is 2. The van der Waals surface area contributed by atoms with Crippen molar-refractivity contribution < 1.29 is 9.53 Å². The second kappa shape index (κ2) is 3.91. The summed E-state index contributed by atoms with van der Waals surface area (Å²) in [5.74, 6) is 1.37. The largest absolute Gasteiger partial charge is 0.497 e. The van der Waals surface area contributed by atoms with Crippen LogP contribution < -0.4 is 10.1 Å². The van der Waals surface area contributed by atoms with E-state index in [-0.39, 0.29) is 5.92 Å². The van der Waals surface area contributed by atoms with E-state index in [2.05, 4.69) is 17.5 Å². The smallest absolute Gasteiger partial charge is 0.123 e. The Hall–Kier alpha value is -1.77. The van der Waals surface area contributed by atoms with Gasteiger partial charge in [-0.15, -0.1) is 0 Å². The molecule has 3 rings (SSSR count). The zero-order chi connectivity index (χ0) is 11.8. The van der Waals surface area contributed by atoms with Crippen molar-refractivity contribution in [2.45, 2.75) is 18.8 Å². The Kier molecular flexibility index (Phi) is 2.39. The van der Waals surface area contributed by atoms with Crippen LogP contribution in [0.1, 0.15) is 24.3 Å². The maximum absolute atomic E-state index is 10.9. The number of allylic oxidation sites excluding steroid dienone is 2. The van der Waals surface area contributed by atoms with Gasteiger partial charge in [0.2, 0.25) is 0 Å². The molecule has 1 aliphatic carbocycles. The number of ether oxygens (including phenoxy) is 1. The molecule has 0 saturated carbocycles. The highest BCUT2D eigenvalue weighted by atomic mass is 16.5. The van der Waals surface area contributed by atoms with Gasteiger partial charge < -0.3 is 14.8 Å². The van der Waals surface area contributed by atoms with Crippen molar-refractivity contribution in [3.05, 3.63) is 35.5 Å². The lowest BCUT2D eigenvalue weighted by Crippen LogP contribution is -2.14. The quantitative estimate of drug-likeness (QED) is 0.792. The second-order valence-corrected chi connectivity index (χ2v) is 4.66. The van der Waals surface area contributed by atoms with Gasteiger partial charge in [-0.3, -0.25) is 0 Å². The van der Waals surface area contributed by atoms with E-state index in [9.17, 15) is 4.79 Å². The van der Waals surface area contributed by atoms with E-state index in [0.717, 1.165) is 30.6 Å². The number of hydrogen-bond donors (Lipinski definition) is 1. The predicted molar refractivity (Wildman–Crippen MR) is 66.2 cm³/mol. The number of carbonyl (C=O) groups excluding carboxylic acids is 1. The van der Waals surface area contributed by atoms with Crippen LogP contribution in [0.2, 0.25) is 0 Å². The molecule has 0 aromatic heterocycles. The van der Waals surface area contributed by atoms with Crippen molar-refractivity contribution in [2.75, 3.05) is 12.4 Å². The molecular formula is C14H15NO2. The first-order valence-corrected chi connectivity index (χ1v) is 5.92. The first-order chi connectivity index (χ1) is 8.31. The van der Waals surface area contributed by atoms with Gasteiger partial charge in [0.25, 0.3) is 0 Å². The zero-order valence-electron chi connectivity index (χ0n) is 9.77. The molecule has 1 aliphatic heterocycles. The number of nitrogens with one attached hydrogen (secondary N) is 1. The summed E-state index contributed by atoms with van der Waals surface area (Å²) in [7, 11) is 1.68. The summed E-state index contributed by atoms with van der Waals surface area (Å²) in [6.07, 6.45) is 4.99. The van der Waals surface area contributed by atoms with Crippen LogP contribution in [0.3, 0.4) is 0 Å². The maximum atomic E-state index is 10.9. The van der Waals surface area contributed by atoms with Crippen molar-refractivity contribution in [1.82, 2.24) is 0 Å². The monoisotopic (exact) mass is 229 g/mol. The van der Waals surface area contributed by atoms with Crippen molar-refractivity contribution in [3.63, 3.8) is 0 Å². The third-order valence-corrected chi connectivity index (χ3v) is 3.66. The Morgan fingerprint density at radius 2 is 2.35 bits per heavy atom. The number of carbonyl (C=O) groups is 1. The molecule has 17 heavy (non-hydrogen) atoms. The van der Waals surface area contributed by atoms with Crippen LogP contribution in [-0.4, -0.2) is 13.4 Å². The lowest BCUT2D eigenvalue weighted by atomic mass is 9.83. The lowest BCUT2D eigenvalue weighted by Gasteiger charge is -2.21. The summed E-state index contributed by atoms with van der Waals surface area (Å²) >= 11 is 0. The molecule has 0 bridgehead atoms. The molecule has 1 aromatic rings. The van der Waals surface area contributed by atoms with E-state index in [1.807, 2.05) is 12.1 Å². The SMILES string of the molecule is COc1ccc2c(c1)C1CC(C=O)CC=C1N2. The minimum Gasteiger partial charge on any atom is -0.497 e. The van der Waals surface area contributed by atoms with E-state index in [4.69, 9.17) is 4.74 Å². The molecule has 0 saturated heterocycles. The Balaban J connectivity index is 2.00. The highest BCUT2D eigenvalue weighted by molar-refractivity contribution is 5.68. The van der Waals surface area contributed by atoms with Gasteiger partial charge in [0.05, 0.1) is 7.11 Å². The first kappa shape index (κ1) is 10.4. The molecule has 1 aromatic carbocycles. The molecule has 0 fully saturated rings. The fourth-order valence-electron chi connectivity index (χ4n) is 2.72. The molecular weight excluding hydrogens is 214 g/mol. The summed E-state index contributed by atoms with van der Waals surface area (Å²) in [6.45, 7) is 0. The summed E-state index contributed by atoms with van der Waals surface area (Å²) in [5.41, 5.74) is 3.64. The highest BCUT2D eigenvalue weighted by Gasteiger charge is 2.32.